The second kappa shape index (κ2) is 4.90. The maximum absolute atomic E-state index is 10.7. The van der Waals surface area contributed by atoms with Gasteiger partial charge in [0.05, 0.1) is 12.8 Å². The van der Waals surface area contributed by atoms with Crippen molar-refractivity contribution in [1.82, 2.24) is 4.98 Å². The quantitative estimate of drug-likeness (QED) is 0.582. The molecule has 5 heteroatoms. The van der Waals surface area contributed by atoms with Crippen molar-refractivity contribution >= 4 is 17.8 Å². The molecule has 0 unspecified atom stereocenters. The average molecular weight is 207 g/mol. The molecule has 1 aromatic rings. The second-order valence-corrected chi connectivity index (χ2v) is 2.61. The van der Waals surface area contributed by atoms with Gasteiger partial charge in [-0.05, 0) is 18.2 Å². The van der Waals surface area contributed by atoms with E-state index in [0.717, 1.165) is 6.08 Å². The number of aromatic nitrogens is 1. The van der Waals surface area contributed by atoms with Crippen LogP contribution in [0.5, 0.6) is 5.88 Å². The molecule has 0 aliphatic carbocycles. The summed E-state index contributed by atoms with van der Waals surface area (Å²) in [5, 5.41) is 8.31. The number of carbonyl (C=O) groups is 2. The van der Waals surface area contributed by atoms with Gasteiger partial charge < -0.3 is 9.84 Å². The molecule has 78 valence electrons. The van der Waals surface area contributed by atoms with Crippen LogP contribution in [0.1, 0.15) is 5.69 Å². The van der Waals surface area contributed by atoms with Crippen LogP contribution in [0.3, 0.4) is 0 Å². The topological polar surface area (TPSA) is 76.5 Å². The third-order valence-corrected chi connectivity index (χ3v) is 1.57. The van der Waals surface area contributed by atoms with Gasteiger partial charge in [0, 0.05) is 6.07 Å². The molecule has 0 aliphatic heterocycles. The zero-order valence-electron chi connectivity index (χ0n) is 8.01. The van der Waals surface area contributed by atoms with Crippen molar-refractivity contribution in [2.75, 3.05) is 7.11 Å². The Bertz CT molecular complexity index is 412. The lowest BCUT2D eigenvalue weighted by molar-refractivity contribution is -0.146. The minimum absolute atomic E-state index is 0.403. The standard InChI is InChI=1S/C10H9NO4/c1-15-9-4-2-3-7(11-9)5-6-8(12)10(13)14/h2-6H,1H3,(H,13,14)/b6-5+. The molecule has 1 N–H and O–H groups in total. The number of ketones is 1. The summed E-state index contributed by atoms with van der Waals surface area (Å²) in [7, 11) is 1.47. The highest BCUT2D eigenvalue weighted by molar-refractivity contribution is 6.38. The molecular formula is C10H9NO4. The molecule has 15 heavy (non-hydrogen) atoms. The van der Waals surface area contributed by atoms with Gasteiger partial charge in [-0.3, -0.25) is 4.79 Å². The van der Waals surface area contributed by atoms with E-state index in [1.54, 1.807) is 18.2 Å². The number of carbonyl (C=O) groups excluding carboxylic acids is 1. The number of methoxy groups -OCH3 is 1. The summed E-state index contributed by atoms with van der Waals surface area (Å²) in [5.74, 6) is -2.08. The van der Waals surface area contributed by atoms with Crippen molar-refractivity contribution < 1.29 is 19.4 Å². The van der Waals surface area contributed by atoms with E-state index >= 15 is 0 Å². The van der Waals surface area contributed by atoms with Crippen molar-refractivity contribution in [2.24, 2.45) is 0 Å². The van der Waals surface area contributed by atoms with Gasteiger partial charge in [0.15, 0.2) is 0 Å². The summed E-state index contributed by atoms with van der Waals surface area (Å²) >= 11 is 0. The molecule has 0 aliphatic rings. The molecule has 0 atom stereocenters. The molecule has 0 fully saturated rings. The van der Waals surface area contributed by atoms with Gasteiger partial charge in [0.25, 0.3) is 5.78 Å². The summed E-state index contributed by atoms with van der Waals surface area (Å²) < 4.78 is 4.86. The summed E-state index contributed by atoms with van der Waals surface area (Å²) in [6.07, 6.45) is 2.27. The Kier molecular flexibility index (Phi) is 3.56. The monoisotopic (exact) mass is 207 g/mol. The number of hydrogen-bond donors (Lipinski definition) is 1. The lowest BCUT2D eigenvalue weighted by Crippen LogP contribution is -2.08. The van der Waals surface area contributed by atoms with Crippen LogP contribution in [0.2, 0.25) is 0 Å². The number of ether oxygens (including phenoxy) is 1. The molecule has 1 rings (SSSR count). The van der Waals surface area contributed by atoms with Crippen LogP contribution in [0.15, 0.2) is 24.3 Å². The lowest BCUT2D eigenvalue weighted by atomic mass is 10.3. The molecule has 0 aromatic carbocycles. The molecule has 0 spiro atoms. The van der Waals surface area contributed by atoms with Crippen LogP contribution in [0, 0.1) is 0 Å². The number of rotatable bonds is 4. The number of pyridine rings is 1. The van der Waals surface area contributed by atoms with Crippen LogP contribution < -0.4 is 4.74 Å². The molecule has 0 amide bonds. The maximum Gasteiger partial charge on any atom is 0.376 e. The number of aliphatic carboxylic acids is 1. The maximum atomic E-state index is 10.7. The summed E-state index contributed by atoms with van der Waals surface area (Å²) in [6, 6.07) is 4.97. The summed E-state index contributed by atoms with van der Waals surface area (Å²) in [4.78, 5) is 24.9. The highest BCUT2D eigenvalue weighted by Crippen LogP contribution is 2.07. The fourth-order valence-electron chi connectivity index (χ4n) is 0.870. The SMILES string of the molecule is COc1cccc(/C=C/C(=O)C(=O)O)n1. The van der Waals surface area contributed by atoms with Gasteiger partial charge in [-0.25, -0.2) is 9.78 Å². The first-order valence-corrected chi connectivity index (χ1v) is 4.10. The molecule has 1 heterocycles. The number of nitrogens with zero attached hydrogens (tertiary/aromatic N) is 1. The second-order valence-electron chi connectivity index (χ2n) is 2.61. The van der Waals surface area contributed by atoms with Crippen LogP contribution >= 0.6 is 0 Å². The zero-order valence-corrected chi connectivity index (χ0v) is 8.01. The number of carboxylic acid groups (broad SMARTS) is 1. The Morgan fingerprint density at radius 3 is 2.80 bits per heavy atom. The third kappa shape index (κ3) is 3.22. The smallest absolute Gasteiger partial charge is 0.376 e. The highest BCUT2D eigenvalue weighted by Gasteiger charge is 2.05. The van der Waals surface area contributed by atoms with E-state index in [1.165, 1.54) is 13.2 Å². The molecular weight excluding hydrogens is 198 g/mol. The van der Waals surface area contributed by atoms with Crippen LogP contribution in [0.25, 0.3) is 6.08 Å². The van der Waals surface area contributed by atoms with E-state index in [4.69, 9.17) is 9.84 Å². The van der Waals surface area contributed by atoms with E-state index in [0.29, 0.717) is 11.6 Å². The predicted octanol–water partition coefficient (Wildman–Crippen LogP) is 0.757. The fraction of sp³-hybridized carbons (Fsp3) is 0.100. The fourth-order valence-corrected chi connectivity index (χ4v) is 0.870. The molecule has 0 radical (unpaired) electrons. The van der Waals surface area contributed by atoms with E-state index < -0.39 is 11.8 Å². The lowest BCUT2D eigenvalue weighted by Gasteiger charge is -1.98. The molecule has 5 nitrogen and oxygen atoms in total. The van der Waals surface area contributed by atoms with Gasteiger partial charge in [-0.15, -0.1) is 0 Å². The van der Waals surface area contributed by atoms with Gasteiger partial charge in [0.2, 0.25) is 5.88 Å². The van der Waals surface area contributed by atoms with E-state index in [-0.39, 0.29) is 0 Å². The summed E-state index contributed by atoms with van der Waals surface area (Å²) in [5.41, 5.74) is 0.462. The molecule has 0 saturated carbocycles. The van der Waals surface area contributed by atoms with Crippen LogP contribution in [-0.2, 0) is 9.59 Å². The normalized spacial score (nSPS) is 10.2. The minimum Gasteiger partial charge on any atom is -0.481 e. The van der Waals surface area contributed by atoms with Crippen molar-refractivity contribution in [1.29, 1.82) is 0 Å². The molecule has 1 aromatic heterocycles. The van der Waals surface area contributed by atoms with Crippen molar-refractivity contribution in [3.8, 4) is 5.88 Å². The van der Waals surface area contributed by atoms with E-state index in [2.05, 4.69) is 4.98 Å². The van der Waals surface area contributed by atoms with Gasteiger partial charge in [0.1, 0.15) is 0 Å². The Hall–Kier alpha value is -2.17. The third-order valence-electron chi connectivity index (χ3n) is 1.57. The number of hydrogen-bond acceptors (Lipinski definition) is 4. The Labute approximate surface area is 86.0 Å². The van der Waals surface area contributed by atoms with Gasteiger partial charge in [-0.2, -0.15) is 0 Å². The van der Waals surface area contributed by atoms with E-state index in [9.17, 15) is 9.59 Å². The van der Waals surface area contributed by atoms with Crippen LogP contribution in [-0.4, -0.2) is 29.0 Å². The van der Waals surface area contributed by atoms with Crippen molar-refractivity contribution in [3.05, 3.63) is 30.0 Å². The largest absolute Gasteiger partial charge is 0.481 e. The Morgan fingerprint density at radius 2 is 2.20 bits per heavy atom. The first-order chi connectivity index (χ1) is 7.13. The number of carboxylic acids is 1. The van der Waals surface area contributed by atoms with Crippen molar-refractivity contribution in [3.63, 3.8) is 0 Å². The minimum atomic E-state index is -1.49. The highest BCUT2D eigenvalue weighted by atomic mass is 16.5. The molecule has 0 saturated heterocycles. The average Bonchev–Trinajstić information content (AvgIpc) is 2.26. The van der Waals surface area contributed by atoms with Gasteiger partial charge >= 0.3 is 5.97 Å². The van der Waals surface area contributed by atoms with Gasteiger partial charge in [-0.1, -0.05) is 6.07 Å². The van der Waals surface area contributed by atoms with Crippen LogP contribution in [0.4, 0.5) is 0 Å². The first kappa shape index (κ1) is 10.9. The molecule has 0 bridgehead atoms. The Morgan fingerprint density at radius 1 is 1.47 bits per heavy atom. The summed E-state index contributed by atoms with van der Waals surface area (Å²) in [6.45, 7) is 0. The first-order valence-electron chi connectivity index (χ1n) is 4.10. The Balaban J connectivity index is 2.80. The predicted molar refractivity (Wildman–Crippen MR) is 52.5 cm³/mol. The van der Waals surface area contributed by atoms with E-state index in [1.807, 2.05) is 0 Å². The zero-order chi connectivity index (χ0) is 11.3. The van der Waals surface area contributed by atoms with Crippen molar-refractivity contribution in [2.45, 2.75) is 0 Å².